The van der Waals surface area contributed by atoms with Crippen molar-refractivity contribution in [3.8, 4) is 0 Å². The van der Waals surface area contributed by atoms with Crippen LogP contribution in [0.25, 0.3) is 0 Å². The van der Waals surface area contributed by atoms with E-state index in [9.17, 15) is 0 Å². The lowest BCUT2D eigenvalue weighted by atomic mass is 10.0. The lowest BCUT2D eigenvalue weighted by molar-refractivity contribution is 0.449. The Bertz CT molecular complexity index is 283. The summed E-state index contributed by atoms with van der Waals surface area (Å²) in [5, 5.41) is 6.61. The Morgan fingerprint density at radius 2 is 2.27 bits per heavy atom. The molecule has 1 aromatic heterocycles. The number of aromatic nitrogens is 1. The Morgan fingerprint density at radius 3 is 2.80 bits per heavy atom. The standard InChI is InChI=1S/C11H21N3S/c1-8(2)10(12)4-5-13-6-11-14-9(3)7-15-11/h7-8,10,13H,4-6,12H2,1-3H3. The normalized spacial score (nSPS) is 13.4. The van der Waals surface area contributed by atoms with Crippen LogP contribution in [0.1, 0.15) is 31.0 Å². The zero-order valence-corrected chi connectivity index (χ0v) is 10.6. The Kier molecular flexibility index (Phi) is 5.22. The number of nitrogens with two attached hydrogens (primary N) is 1. The molecular weight excluding hydrogens is 206 g/mol. The molecule has 0 aliphatic heterocycles. The molecule has 4 heteroatoms. The van der Waals surface area contributed by atoms with E-state index in [4.69, 9.17) is 5.73 Å². The molecule has 1 atom stereocenters. The van der Waals surface area contributed by atoms with Crippen molar-refractivity contribution in [2.24, 2.45) is 11.7 Å². The molecule has 0 fully saturated rings. The summed E-state index contributed by atoms with van der Waals surface area (Å²) in [6.45, 7) is 8.18. The molecule has 86 valence electrons. The van der Waals surface area contributed by atoms with Gasteiger partial charge in [-0.1, -0.05) is 13.8 Å². The highest BCUT2D eigenvalue weighted by atomic mass is 32.1. The molecule has 0 aromatic carbocycles. The predicted molar refractivity (Wildman–Crippen MR) is 66.0 cm³/mol. The van der Waals surface area contributed by atoms with Crippen molar-refractivity contribution >= 4 is 11.3 Å². The van der Waals surface area contributed by atoms with Gasteiger partial charge < -0.3 is 11.1 Å². The number of rotatable bonds is 6. The zero-order valence-electron chi connectivity index (χ0n) is 9.79. The van der Waals surface area contributed by atoms with Crippen LogP contribution in [-0.2, 0) is 6.54 Å². The van der Waals surface area contributed by atoms with Crippen molar-refractivity contribution in [2.45, 2.75) is 39.8 Å². The van der Waals surface area contributed by atoms with Crippen LogP contribution in [0.2, 0.25) is 0 Å². The van der Waals surface area contributed by atoms with E-state index in [1.165, 1.54) is 0 Å². The molecule has 3 nitrogen and oxygen atoms in total. The van der Waals surface area contributed by atoms with Gasteiger partial charge in [-0.05, 0) is 25.8 Å². The molecule has 0 saturated carbocycles. The molecule has 0 aliphatic carbocycles. The highest BCUT2D eigenvalue weighted by molar-refractivity contribution is 7.09. The van der Waals surface area contributed by atoms with Gasteiger partial charge in [-0.2, -0.15) is 0 Å². The van der Waals surface area contributed by atoms with Gasteiger partial charge in [0.05, 0.1) is 0 Å². The fourth-order valence-corrected chi connectivity index (χ4v) is 2.02. The van der Waals surface area contributed by atoms with Crippen LogP contribution < -0.4 is 11.1 Å². The fraction of sp³-hybridized carbons (Fsp3) is 0.727. The number of hydrogen-bond donors (Lipinski definition) is 2. The van der Waals surface area contributed by atoms with Crippen LogP contribution in [0.15, 0.2) is 5.38 Å². The van der Waals surface area contributed by atoms with E-state index in [0.717, 1.165) is 30.2 Å². The zero-order chi connectivity index (χ0) is 11.3. The first-order valence-electron chi connectivity index (χ1n) is 5.47. The third kappa shape index (κ3) is 4.73. The van der Waals surface area contributed by atoms with Gasteiger partial charge in [-0.15, -0.1) is 11.3 Å². The summed E-state index contributed by atoms with van der Waals surface area (Å²) in [5.41, 5.74) is 7.05. The summed E-state index contributed by atoms with van der Waals surface area (Å²) in [5.74, 6) is 0.564. The first-order valence-corrected chi connectivity index (χ1v) is 6.35. The Hall–Kier alpha value is -0.450. The van der Waals surface area contributed by atoms with Gasteiger partial charge in [-0.3, -0.25) is 0 Å². The Balaban J connectivity index is 2.12. The second-order valence-electron chi connectivity index (χ2n) is 4.26. The molecular formula is C11H21N3S. The lowest BCUT2D eigenvalue weighted by Gasteiger charge is -2.15. The molecule has 0 bridgehead atoms. The molecule has 1 heterocycles. The van der Waals surface area contributed by atoms with Gasteiger partial charge in [0.1, 0.15) is 5.01 Å². The summed E-state index contributed by atoms with van der Waals surface area (Å²) in [6.07, 6.45) is 1.03. The number of nitrogens with one attached hydrogen (secondary N) is 1. The van der Waals surface area contributed by atoms with E-state index in [1.54, 1.807) is 11.3 Å². The maximum absolute atomic E-state index is 5.95. The van der Waals surface area contributed by atoms with Crippen molar-refractivity contribution in [3.05, 3.63) is 16.1 Å². The average molecular weight is 227 g/mol. The molecule has 0 spiro atoms. The second kappa shape index (κ2) is 6.20. The highest BCUT2D eigenvalue weighted by Gasteiger charge is 2.06. The van der Waals surface area contributed by atoms with E-state index in [0.29, 0.717) is 12.0 Å². The smallest absolute Gasteiger partial charge is 0.107 e. The number of nitrogens with zero attached hydrogens (tertiary/aromatic N) is 1. The maximum atomic E-state index is 5.95. The van der Waals surface area contributed by atoms with Gasteiger partial charge >= 0.3 is 0 Å². The molecule has 1 aromatic rings. The lowest BCUT2D eigenvalue weighted by Crippen LogP contribution is -2.30. The SMILES string of the molecule is Cc1csc(CNCCC(N)C(C)C)n1. The third-order valence-corrected chi connectivity index (χ3v) is 3.42. The van der Waals surface area contributed by atoms with Gasteiger partial charge in [-0.25, -0.2) is 4.98 Å². The monoisotopic (exact) mass is 227 g/mol. The minimum atomic E-state index is 0.301. The summed E-state index contributed by atoms with van der Waals surface area (Å²) in [6, 6.07) is 0.301. The van der Waals surface area contributed by atoms with E-state index in [2.05, 4.69) is 29.5 Å². The van der Waals surface area contributed by atoms with Crippen molar-refractivity contribution in [1.82, 2.24) is 10.3 Å². The van der Waals surface area contributed by atoms with Crippen LogP contribution >= 0.6 is 11.3 Å². The molecule has 15 heavy (non-hydrogen) atoms. The fourth-order valence-electron chi connectivity index (χ4n) is 1.28. The molecule has 3 N–H and O–H groups in total. The van der Waals surface area contributed by atoms with Gasteiger partial charge in [0.2, 0.25) is 0 Å². The molecule has 1 unspecified atom stereocenters. The van der Waals surface area contributed by atoms with Gasteiger partial charge in [0.25, 0.3) is 0 Å². The van der Waals surface area contributed by atoms with E-state index in [1.807, 2.05) is 6.92 Å². The summed E-state index contributed by atoms with van der Waals surface area (Å²) in [4.78, 5) is 4.39. The minimum Gasteiger partial charge on any atom is -0.327 e. The molecule has 0 aliphatic rings. The molecule has 0 saturated heterocycles. The van der Waals surface area contributed by atoms with Crippen molar-refractivity contribution < 1.29 is 0 Å². The van der Waals surface area contributed by atoms with Crippen LogP contribution in [0.5, 0.6) is 0 Å². The summed E-state index contributed by atoms with van der Waals surface area (Å²) in [7, 11) is 0. The van der Waals surface area contributed by atoms with Crippen LogP contribution in [0, 0.1) is 12.8 Å². The van der Waals surface area contributed by atoms with Crippen molar-refractivity contribution in [1.29, 1.82) is 0 Å². The van der Waals surface area contributed by atoms with E-state index < -0.39 is 0 Å². The first kappa shape index (κ1) is 12.6. The first-order chi connectivity index (χ1) is 7.09. The maximum Gasteiger partial charge on any atom is 0.107 e. The minimum absolute atomic E-state index is 0.301. The van der Waals surface area contributed by atoms with E-state index in [-0.39, 0.29) is 0 Å². The molecule has 0 radical (unpaired) electrons. The highest BCUT2D eigenvalue weighted by Crippen LogP contribution is 2.08. The second-order valence-corrected chi connectivity index (χ2v) is 5.20. The average Bonchev–Trinajstić information content (AvgIpc) is 2.58. The predicted octanol–water partition coefficient (Wildman–Crippen LogP) is 1.91. The Morgan fingerprint density at radius 1 is 1.53 bits per heavy atom. The van der Waals surface area contributed by atoms with Crippen LogP contribution in [0.3, 0.4) is 0 Å². The Labute approximate surface area is 96.1 Å². The largest absolute Gasteiger partial charge is 0.327 e. The molecule has 1 rings (SSSR count). The topological polar surface area (TPSA) is 50.9 Å². The van der Waals surface area contributed by atoms with Gasteiger partial charge in [0, 0.05) is 23.7 Å². The van der Waals surface area contributed by atoms with Crippen LogP contribution in [-0.4, -0.2) is 17.6 Å². The quantitative estimate of drug-likeness (QED) is 0.730. The third-order valence-electron chi connectivity index (χ3n) is 2.45. The van der Waals surface area contributed by atoms with E-state index >= 15 is 0 Å². The summed E-state index contributed by atoms with van der Waals surface area (Å²) < 4.78 is 0. The number of aryl methyl sites for hydroxylation is 1. The number of hydrogen-bond acceptors (Lipinski definition) is 4. The summed E-state index contributed by atoms with van der Waals surface area (Å²) >= 11 is 1.71. The van der Waals surface area contributed by atoms with Crippen molar-refractivity contribution in [2.75, 3.05) is 6.54 Å². The van der Waals surface area contributed by atoms with Crippen molar-refractivity contribution in [3.63, 3.8) is 0 Å². The van der Waals surface area contributed by atoms with Gasteiger partial charge in [0.15, 0.2) is 0 Å². The molecule has 0 amide bonds. The van der Waals surface area contributed by atoms with Crippen LogP contribution in [0.4, 0.5) is 0 Å². The number of thiazole rings is 1.